The lowest BCUT2D eigenvalue weighted by molar-refractivity contribution is -0.162. The molecule has 0 atom stereocenters. The third-order valence-corrected chi connectivity index (χ3v) is 1.33. The number of carbonyl (C=O) groups excluding carboxylic acids is 2. The Morgan fingerprint density at radius 3 is 2.36 bits per heavy atom. The van der Waals surface area contributed by atoms with Gasteiger partial charge in [-0.05, 0) is 12.1 Å². The first kappa shape index (κ1) is 10.2. The summed E-state index contributed by atoms with van der Waals surface area (Å²) < 4.78 is 8.90. The molecular formula is C9H9NO4. The Morgan fingerprint density at radius 1 is 1.14 bits per heavy atom. The summed E-state index contributed by atoms with van der Waals surface area (Å²) in [5, 5.41) is 0. The molecule has 5 heteroatoms. The second kappa shape index (κ2) is 4.98. The average Bonchev–Trinajstić information content (AvgIpc) is 2.19. The largest absolute Gasteiger partial charge is 0.442 e. The third-order valence-electron chi connectivity index (χ3n) is 1.33. The first-order valence-corrected chi connectivity index (χ1v) is 3.88. The molecule has 0 aliphatic rings. The van der Waals surface area contributed by atoms with Crippen LogP contribution in [0.25, 0.3) is 0 Å². The van der Waals surface area contributed by atoms with Gasteiger partial charge in [0.2, 0.25) is 0 Å². The molecule has 5 nitrogen and oxygen atoms in total. The molecule has 2 N–H and O–H groups in total. The SMILES string of the molecule is NCOC(=O)C(=O)Oc1ccccc1. The van der Waals surface area contributed by atoms with Gasteiger partial charge in [-0.3, -0.25) is 5.73 Å². The predicted octanol–water partition coefficient (Wildman–Crippen LogP) is 0.0514. The summed E-state index contributed by atoms with van der Waals surface area (Å²) in [6, 6.07) is 8.21. The summed E-state index contributed by atoms with van der Waals surface area (Å²) in [7, 11) is 0. The molecule has 0 radical (unpaired) electrons. The molecule has 0 unspecified atom stereocenters. The van der Waals surface area contributed by atoms with Crippen molar-refractivity contribution in [3.05, 3.63) is 30.3 Å². The summed E-state index contributed by atoms with van der Waals surface area (Å²) in [5.41, 5.74) is 4.91. The number of rotatable bonds is 2. The standard InChI is InChI=1S/C9H9NO4/c10-6-13-8(11)9(12)14-7-4-2-1-3-5-7/h1-5H,6,10H2. The van der Waals surface area contributed by atoms with Crippen molar-refractivity contribution in [3.63, 3.8) is 0 Å². The minimum Gasteiger partial charge on any atom is -0.442 e. The van der Waals surface area contributed by atoms with Crippen molar-refractivity contribution >= 4 is 11.9 Å². The molecule has 0 saturated carbocycles. The van der Waals surface area contributed by atoms with E-state index in [1.807, 2.05) is 0 Å². The van der Waals surface area contributed by atoms with Crippen LogP contribution in [0.15, 0.2) is 30.3 Å². The van der Waals surface area contributed by atoms with Crippen molar-refractivity contribution in [2.24, 2.45) is 5.73 Å². The third kappa shape index (κ3) is 2.87. The van der Waals surface area contributed by atoms with Gasteiger partial charge in [-0.15, -0.1) is 0 Å². The van der Waals surface area contributed by atoms with Crippen LogP contribution in [-0.2, 0) is 14.3 Å². The molecule has 74 valence electrons. The van der Waals surface area contributed by atoms with Crippen LogP contribution in [0, 0.1) is 0 Å². The molecular weight excluding hydrogens is 186 g/mol. The zero-order chi connectivity index (χ0) is 10.4. The highest BCUT2D eigenvalue weighted by atomic mass is 16.6. The number of hydrogen-bond acceptors (Lipinski definition) is 5. The smallest absolute Gasteiger partial charge is 0.422 e. The van der Waals surface area contributed by atoms with Crippen molar-refractivity contribution in [1.82, 2.24) is 0 Å². The summed E-state index contributed by atoms with van der Waals surface area (Å²) in [4.78, 5) is 21.7. The van der Waals surface area contributed by atoms with Gasteiger partial charge in [-0.1, -0.05) is 18.2 Å². The topological polar surface area (TPSA) is 78.6 Å². The van der Waals surface area contributed by atoms with Gasteiger partial charge in [0.1, 0.15) is 12.5 Å². The molecule has 1 rings (SSSR count). The molecule has 1 aromatic rings. The van der Waals surface area contributed by atoms with Crippen LogP contribution in [0.1, 0.15) is 0 Å². The number of para-hydroxylation sites is 1. The number of carbonyl (C=O) groups is 2. The lowest BCUT2D eigenvalue weighted by Crippen LogP contribution is -2.25. The Kier molecular flexibility index (Phi) is 3.63. The second-order valence-corrected chi connectivity index (χ2v) is 2.30. The first-order chi connectivity index (χ1) is 6.74. The van der Waals surface area contributed by atoms with Gasteiger partial charge >= 0.3 is 11.9 Å². The molecule has 0 aliphatic heterocycles. The van der Waals surface area contributed by atoms with Crippen molar-refractivity contribution < 1.29 is 19.1 Å². The van der Waals surface area contributed by atoms with Gasteiger partial charge in [-0.25, -0.2) is 9.59 Å². The Bertz CT molecular complexity index is 323. The summed E-state index contributed by atoms with van der Waals surface area (Å²) in [6.45, 7) is -0.345. The number of ether oxygens (including phenoxy) is 2. The molecule has 0 aromatic heterocycles. The first-order valence-electron chi connectivity index (χ1n) is 3.88. The van der Waals surface area contributed by atoms with Crippen LogP contribution in [-0.4, -0.2) is 18.7 Å². The normalized spacial score (nSPS) is 9.21. The van der Waals surface area contributed by atoms with Gasteiger partial charge in [0, 0.05) is 0 Å². The number of esters is 2. The Morgan fingerprint density at radius 2 is 1.79 bits per heavy atom. The summed E-state index contributed by atoms with van der Waals surface area (Å²) in [6.07, 6.45) is 0. The van der Waals surface area contributed by atoms with E-state index >= 15 is 0 Å². The quantitative estimate of drug-likeness (QED) is 0.312. The Balaban J connectivity index is 2.53. The molecule has 0 fully saturated rings. The van der Waals surface area contributed by atoms with Crippen molar-refractivity contribution in [2.45, 2.75) is 0 Å². The van der Waals surface area contributed by atoms with Crippen LogP contribution < -0.4 is 10.5 Å². The molecule has 1 aromatic carbocycles. The molecule has 0 bridgehead atoms. The van der Waals surface area contributed by atoms with E-state index in [0.29, 0.717) is 0 Å². The van der Waals surface area contributed by atoms with Crippen LogP contribution in [0.5, 0.6) is 5.75 Å². The fraction of sp³-hybridized carbons (Fsp3) is 0.111. The maximum Gasteiger partial charge on any atom is 0.422 e. The predicted molar refractivity (Wildman–Crippen MR) is 47.2 cm³/mol. The number of hydrogen-bond donors (Lipinski definition) is 1. The van der Waals surface area contributed by atoms with E-state index in [1.54, 1.807) is 30.3 Å². The fourth-order valence-corrected chi connectivity index (χ4v) is 0.772. The van der Waals surface area contributed by atoms with E-state index in [-0.39, 0.29) is 12.5 Å². The van der Waals surface area contributed by atoms with Gasteiger partial charge < -0.3 is 9.47 Å². The molecule has 0 heterocycles. The van der Waals surface area contributed by atoms with E-state index in [2.05, 4.69) is 9.47 Å². The zero-order valence-corrected chi connectivity index (χ0v) is 7.30. The monoisotopic (exact) mass is 195 g/mol. The van der Waals surface area contributed by atoms with Crippen LogP contribution in [0.4, 0.5) is 0 Å². The van der Waals surface area contributed by atoms with E-state index in [9.17, 15) is 9.59 Å². The molecule has 0 saturated heterocycles. The minimum absolute atomic E-state index is 0.284. The van der Waals surface area contributed by atoms with Crippen molar-refractivity contribution in [1.29, 1.82) is 0 Å². The van der Waals surface area contributed by atoms with Crippen LogP contribution in [0.3, 0.4) is 0 Å². The van der Waals surface area contributed by atoms with E-state index in [4.69, 9.17) is 5.73 Å². The van der Waals surface area contributed by atoms with Gasteiger partial charge in [0.05, 0.1) is 0 Å². The van der Waals surface area contributed by atoms with Crippen molar-refractivity contribution in [2.75, 3.05) is 6.73 Å². The second-order valence-electron chi connectivity index (χ2n) is 2.30. The number of nitrogens with two attached hydrogens (primary N) is 1. The molecule has 0 amide bonds. The highest BCUT2D eigenvalue weighted by Gasteiger charge is 2.17. The zero-order valence-electron chi connectivity index (χ0n) is 7.30. The Hall–Kier alpha value is -1.88. The maximum atomic E-state index is 11.0. The Labute approximate surface area is 80.4 Å². The summed E-state index contributed by atoms with van der Waals surface area (Å²) in [5.74, 6) is -1.90. The molecule has 0 aliphatic carbocycles. The molecule has 14 heavy (non-hydrogen) atoms. The van der Waals surface area contributed by atoms with Crippen LogP contribution in [0.2, 0.25) is 0 Å². The highest BCUT2D eigenvalue weighted by Crippen LogP contribution is 2.08. The number of benzene rings is 1. The molecule has 0 spiro atoms. The maximum absolute atomic E-state index is 11.0. The van der Waals surface area contributed by atoms with Gasteiger partial charge in [0.15, 0.2) is 0 Å². The van der Waals surface area contributed by atoms with E-state index < -0.39 is 11.9 Å². The van der Waals surface area contributed by atoms with Crippen LogP contribution >= 0.6 is 0 Å². The van der Waals surface area contributed by atoms with Crippen molar-refractivity contribution in [3.8, 4) is 5.75 Å². The van der Waals surface area contributed by atoms with E-state index in [0.717, 1.165) is 0 Å². The van der Waals surface area contributed by atoms with E-state index in [1.165, 1.54) is 0 Å². The average molecular weight is 195 g/mol. The van der Waals surface area contributed by atoms with Gasteiger partial charge in [-0.2, -0.15) is 0 Å². The van der Waals surface area contributed by atoms with Gasteiger partial charge in [0.25, 0.3) is 0 Å². The summed E-state index contributed by atoms with van der Waals surface area (Å²) >= 11 is 0. The lowest BCUT2D eigenvalue weighted by atomic mass is 10.3. The highest BCUT2D eigenvalue weighted by molar-refractivity contribution is 6.30. The fourth-order valence-electron chi connectivity index (χ4n) is 0.772. The minimum atomic E-state index is -1.10. The lowest BCUT2D eigenvalue weighted by Gasteiger charge is -2.02.